The van der Waals surface area contributed by atoms with Crippen molar-refractivity contribution in [3.05, 3.63) is 30.0 Å². The van der Waals surface area contributed by atoms with Gasteiger partial charge in [0.2, 0.25) is 0 Å². The molecule has 1 unspecified atom stereocenters. The van der Waals surface area contributed by atoms with Gasteiger partial charge in [0.25, 0.3) is 0 Å². The zero-order chi connectivity index (χ0) is 13.4. The summed E-state index contributed by atoms with van der Waals surface area (Å²) in [5.41, 5.74) is 2.45. The summed E-state index contributed by atoms with van der Waals surface area (Å²) in [4.78, 5) is 6.59. The predicted molar refractivity (Wildman–Crippen MR) is 77.8 cm³/mol. The van der Waals surface area contributed by atoms with E-state index >= 15 is 0 Å². The van der Waals surface area contributed by atoms with Gasteiger partial charge in [-0.3, -0.25) is 0 Å². The normalized spacial score (nSPS) is 24.1. The largest absolute Gasteiger partial charge is 0.486 e. The molecule has 1 fully saturated rings. The Hall–Kier alpha value is -2.01. The second kappa shape index (κ2) is 4.83. The van der Waals surface area contributed by atoms with Gasteiger partial charge in [-0.05, 0) is 30.7 Å². The second-order valence-electron chi connectivity index (χ2n) is 5.19. The summed E-state index contributed by atoms with van der Waals surface area (Å²) < 4.78 is 11.2. The van der Waals surface area contributed by atoms with Crippen molar-refractivity contribution in [2.45, 2.75) is 12.5 Å². The summed E-state index contributed by atoms with van der Waals surface area (Å²) in [7, 11) is 0. The SMILES string of the molecule is C1=NC=C2CNCCC2N1c1ccc2c(c1)OCCO2. The molecule has 3 heterocycles. The maximum absolute atomic E-state index is 5.67. The molecule has 1 aromatic carbocycles. The van der Waals surface area contributed by atoms with Gasteiger partial charge < -0.3 is 19.7 Å². The number of hydrogen-bond acceptors (Lipinski definition) is 5. The molecule has 0 amide bonds. The highest BCUT2D eigenvalue weighted by molar-refractivity contribution is 5.83. The maximum atomic E-state index is 5.67. The van der Waals surface area contributed by atoms with Crippen molar-refractivity contribution >= 4 is 12.0 Å². The molecule has 1 aromatic rings. The highest BCUT2D eigenvalue weighted by Gasteiger charge is 2.27. The number of hydrogen-bond donors (Lipinski definition) is 1. The lowest BCUT2D eigenvalue weighted by Crippen LogP contribution is -2.46. The van der Waals surface area contributed by atoms with Crippen LogP contribution in [0.4, 0.5) is 5.69 Å². The smallest absolute Gasteiger partial charge is 0.163 e. The first-order valence-electron chi connectivity index (χ1n) is 7.03. The first-order chi connectivity index (χ1) is 9.92. The van der Waals surface area contributed by atoms with Crippen molar-refractivity contribution in [2.24, 2.45) is 4.99 Å². The highest BCUT2D eigenvalue weighted by Crippen LogP contribution is 2.35. The van der Waals surface area contributed by atoms with E-state index in [0.29, 0.717) is 19.3 Å². The number of benzene rings is 1. The summed E-state index contributed by atoms with van der Waals surface area (Å²) in [5, 5.41) is 3.39. The molecule has 4 rings (SSSR count). The molecule has 5 heteroatoms. The molecule has 0 saturated carbocycles. The van der Waals surface area contributed by atoms with Crippen LogP contribution in [0.1, 0.15) is 6.42 Å². The maximum Gasteiger partial charge on any atom is 0.163 e. The van der Waals surface area contributed by atoms with Crippen LogP contribution in [-0.2, 0) is 0 Å². The second-order valence-corrected chi connectivity index (χ2v) is 5.19. The molecule has 0 aliphatic carbocycles. The molecule has 5 nitrogen and oxygen atoms in total. The fourth-order valence-electron chi connectivity index (χ4n) is 2.94. The summed E-state index contributed by atoms with van der Waals surface area (Å²) in [6.45, 7) is 3.20. The topological polar surface area (TPSA) is 46.1 Å². The third-order valence-corrected chi connectivity index (χ3v) is 3.94. The van der Waals surface area contributed by atoms with Crippen LogP contribution in [0.5, 0.6) is 11.5 Å². The van der Waals surface area contributed by atoms with E-state index < -0.39 is 0 Å². The van der Waals surface area contributed by atoms with Crippen LogP contribution in [0.25, 0.3) is 0 Å². The van der Waals surface area contributed by atoms with E-state index in [1.54, 1.807) is 0 Å². The molecule has 3 aliphatic heterocycles. The van der Waals surface area contributed by atoms with Crippen LogP contribution >= 0.6 is 0 Å². The van der Waals surface area contributed by atoms with Gasteiger partial charge in [0, 0.05) is 24.5 Å². The van der Waals surface area contributed by atoms with E-state index in [0.717, 1.165) is 36.7 Å². The van der Waals surface area contributed by atoms with Gasteiger partial charge in [0.1, 0.15) is 13.2 Å². The van der Waals surface area contributed by atoms with Gasteiger partial charge in [-0.1, -0.05) is 0 Å². The number of rotatable bonds is 1. The lowest BCUT2D eigenvalue weighted by Gasteiger charge is -2.37. The predicted octanol–water partition coefficient (Wildman–Crippen LogP) is 1.55. The van der Waals surface area contributed by atoms with Gasteiger partial charge in [0.15, 0.2) is 11.5 Å². The van der Waals surface area contributed by atoms with Gasteiger partial charge in [0.05, 0.1) is 12.4 Å². The number of aliphatic imine (C=N–C) groups is 1. The van der Waals surface area contributed by atoms with E-state index in [1.165, 1.54) is 5.57 Å². The Morgan fingerprint density at radius 3 is 3.05 bits per heavy atom. The standard InChI is InChI=1S/C15H17N3O2/c1-2-14-15(20-6-5-19-14)7-12(1)18-10-17-9-11-8-16-4-3-13(11)18/h1-2,7,9-10,13,16H,3-6,8H2. The Morgan fingerprint density at radius 2 is 2.10 bits per heavy atom. The highest BCUT2D eigenvalue weighted by atomic mass is 16.6. The number of nitrogens with one attached hydrogen (secondary N) is 1. The van der Waals surface area contributed by atoms with Crippen LogP contribution in [0.2, 0.25) is 0 Å². The lowest BCUT2D eigenvalue weighted by atomic mass is 9.98. The number of anilines is 1. The molecule has 20 heavy (non-hydrogen) atoms. The molecule has 0 aromatic heterocycles. The monoisotopic (exact) mass is 271 g/mol. The van der Waals surface area contributed by atoms with E-state index in [2.05, 4.69) is 21.3 Å². The quantitative estimate of drug-likeness (QED) is 0.842. The van der Waals surface area contributed by atoms with Crippen LogP contribution in [0.15, 0.2) is 35.0 Å². The van der Waals surface area contributed by atoms with Crippen LogP contribution < -0.4 is 19.7 Å². The summed E-state index contributed by atoms with van der Waals surface area (Å²) in [5.74, 6) is 1.65. The number of fused-ring (bicyclic) bond motifs is 2. The van der Waals surface area contributed by atoms with Crippen molar-refractivity contribution < 1.29 is 9.47 Å². The van der Waals surface area contributed by atoms with E-state index in [4.69, 9.17) is 9.47 Å². The molecular formula is C15H17N3O2. The van der Waals surface area contributed by atoms with Gasteiger partial charge >= 0.3 is 0 Å². The first kappa shape index (κ1) is 11.8. The van der Waals surface area contributed by atoms with Crippen molar-refractivity contribution in [1.82, 2.24) is 5.32 Å². The Morgan fingerprint density at radius 1 is 1.20 bits per heavy atom. The number of nitrogens with zero attached hydrogens (tertiary/aromatic N) is 2. The first-order valence-corrected chi connectivity index (χ1v) is 7.03. The average Bonchev–Trinajstić information content (AvgIpc) is 2.54. The van der Waals surface area contributed by atoms with Crippen molar-refractivity contribution in [3.8, 4) is 11.5 Å². The fraction of sp³-hybridized carbons (Fsp3) is 0.400. The minimum absolute atomic E-state index is 0.399. The summed E-state index contributed by atoms with van der Waals surface area (Å²) in [6.07, 6.45) is 4.97. The van der Waals surface area contributed by atoms with Crippen molar-refractivity contribution in [1.29, 1.82) is 0 Å². The van der Waals surface area contributed by atoms with Gasteiger partial charge in [-0.2, -0.15) is 0 Å². The third kappa shape index (κ3) is 1.94. The molecule has 1 saturated heterocycles. The molecule has 0 bridgehead atoms. The van der Waals surface area contributed by atoms with Crippen LogP contribution in [0, 0.1) is 0 Å². The third-order valence-electron chi connectivity index (χ3n) is 3.94. The Labute approximate surface area is 117 Å². The zero-order valence-electron chi connectivity index (χ0n) is 11.2. The minimum atomic E-state index is 0.399. The Kier molecular flexibility index (Phi) is 2.85. The molecule has 104 valence electrons. The van der Waals surface area contributed by atoms with Gasteiger partial charge in [-0.25, -0.2) is 4.99 Å². The molecule has 3 aliphatic rings. The zero-order valence-corrected chi connectivity index (χ0v) is 11.2. The van der Waals surface area contributed by atoms with Crippen LogP contribution in [0.3, 0.4) is 0 Å². The fourth-order valence-corrected chi connectivity index (χ4v) is 2.94. The summed E-state index contributed by atoms with van der Waals surface area (Å²) >= 11 is 0. The van der Waals surface area contributed by atoms with E-state index in [1.807, 2.05) is 24.7 Å². The average molecular weight is 271 g/mol. The molecule has 1 N–H and O–H groups in total. The van der Waals surface area contributed by atoms with Crippen molar-refractivity contribution in [2.75, 3.05) is 31.2 Å². The number of ether oxygens (including phenoxy) is 2. The lowest BCUT2D eigenvalue weighted by molar-refractivity contribution is 0.171. The Balaban J connectivity index is 1.67. The molecule has 0 spiro atoms. The molecule has 0 radical (unpaired) electrons. The number of piperidine rings is 1. The van der Waals surface area contributed by atoms with Crippen molar-refractivity contribution in [3.63, 3.8) is 0 Å². The summed E-state index contributed by atoms with van der Waals surface area (Å²) in [6, 6.07) is 6.50. The van der Waals surface area contributed by atoms with E-state index in [-0.39, 0.29) is 0 Å². The Bertz CT molecular complexity index is 582. The molecular weight excluding hydrogens is 254 g/mol. The van der Waals surface area contributed by atoms with E-state index in [9.17, 15) is 0 Å². The minimum Gasteiger partial charge on any atom is -0.486 e. The van der Waals surface area contributed by atoms with Crippen LogP contribution in [-0.4, -0.2) is 38.7 Å². The van der Waals surface area contributed by atoms with Gasteiger partial charge in [-0.15, -0.1) is 0 Å². The molecule has 1 atom stereocenters.